The van der Waals surface area contributed by atoms with Gasteiger partial charge in [0.05, 0.1) is 18.1 Å². The van der Waals surface area contributed by atoms with E-state index in [2.05, 4.69) is 0 Å². The van der Waals surface area contributed by atoms with Crippen molar-refractivity contribution in [1.82, 2.24) is 0 Å². The van der Waals surface area contributed by atoms with Crippen molar-refractivity contribution in [3.05, 3.63) is 29.8 Å². The highest BCUT2D eigenvalue weighted by Crippen LogP contribution is 2.32. The van der Waals surface area contributed by atoms with Crippen LogP contribution in [0.5, 0.6) is 0 Å². The molecular formula is C15H18O7S. The Hall–Kier alpha value is -1.48. The third-order valence-electron chi connectivity index (χ3n) is 3.84. The van der Waals surface area contributed by atoms with Gasteiger partial charge in [0.1, 0.15) is 18.3 Å². The van der Waals surface area contributed by atoms with E-state index < -0.39 is 40.5 Å². The van der Waals surface area contributed by atoms with E-state index in [4.69, 9.17) is 18.4 Å². The molecule has 0 aromatic heterocycles. The Labute approximate surface area is 134 Å². The van der Waals surface area contributed by atoms with Crippen molar-refractivity contribution in [2.75, 3.05) is 13.2 Å². The van der Waals surface area contributed by atoms with Gasteiger partial charge in [-0.3, -0.25) is 8.98 Å². The normalized spacial score (nSPS) is 30.2. The molecule has 2 saturated heterocycles. The van der Waals surface area contributed by atoms with Gasteiger partial charge in [0.15, 0.2) is 6.10 Å². The van der Waals surface area contributed by atoms with E-state index in [9.17, 15) is 13.2 Å². The second kappa shape index (κ2) is 6.20. The van der Waals surface area contributed by atoms with Gasteiger partial charge in [0.25, 0.3) is 10.1 Å². The molecule has 126 valence electrons. The van der Waals surface area contributed by atoms with Crippen molar-refractivity contribution >= 4 is 16.1 Å². The maximum Gasteiger partial charge on any atom is 0.303 e. The summed E-state index contributed by atoms with van der Waals surface area (Å²) in [6.45, 7) is 3.41. The van der Waals surface area contributed by atoms with Gasteiger partial charge >= 0.3 is 5.97 Å². The average Bonchev–Trinajstić information content (AvgIpc) is 3.03. The van der Waals surface area contributed by atoms with E-state index in [1.165, 1.54) is 19.1 Å². The number of hydrogen-bond donors (Lipinski definition) is 0. The first-order valence-corrected chi connectivity index (χ1v) is 8.68. The maximum atomic E-state index is 12.3. The first-order chi connectivity index (χ1) is 10.9. The lowest BCUT2D eigenvalue weighted by Crippen LogP contribution is -2.35. The van der Waals surface area contributed by atoms with Crippen molar-refractivity contribution in [2.45, 2.75) is 43.2 Å². The number of carbonyl (C=O) groups is 1. The van der Waals surface area contributed by atoms with E-state index in [0.29, 0.717) is 0 Å². The maximum absolute atomic E-state index is 12.3. The van der Waals surface area contributed by atoms with Crippen LogP contribution in [0.15, 0.2) is 29.2 Å². The van der Waals surface area contributed by atoms with Crippen LogP contribution in [0.25, 0.3) is 0 Å². The van der Waals surface area contributed by atoms with E-state index >= 15 is 0 Å². The lowest BCUT2D eigenvalue weighted by molar-refractivity contribution is -0.150. The Morgan fingerprint density at radius 2 is 1.65 bits per heavy atom. The Bertz CT molecular complexity index is 682. The number of rotatable bonds is 4. The van der Waals surface area contributed by atoms with Crippen LogP contribution in [0.1, 0.15) is 12.5 Å². The molecular weight excluding hydrogens is 324 g/mol. The standard InChI is InChI=1S/C15H18O7S/c1-9-3-5-11(6-4-9)23(17,18)22-13-8-20-14-12(21-10(2)16)7-19-15(13)14/h3-6,12-15H,7-8H2,1-2H3/t12-,13+,14-,15-/m1/s1. The van der Waals surface area contributed by atoms with E-state index in [0.717, 1.165) is 5.56 Å². The first-order valence-electron chi connectivity index (χ1n) is 7.27. The van der Waals surface area contributed by atoms with Gasteiger partial charge in [0.2, 0.25) is 0 Å². The zero-order valence-corrected chi connectivity index (χ0v) is 13.6. The van der Waals surface area contributed by atoms with Gasteiger partial charge in [-0.25, -0.2) is 0 Å². The van der Waals surface area contributed by atoms with Crippen LogP contribution < -0.4 is 0 Å². The summed E-state index contributed by atoms with van der Waals surface area (Å²) in [4.78, 5) is 11.1. The van der Waals surface area contributed by atoms with Gasteiger partial charge in [-0.1, -0.05) is 17.7 Å². The summed E-state index contributed by atoms with van der Waals surface area (Å²) in [5.74, 6) is -0.431. The van der Waals surface area contributed by atoms with Gasteiger partial charge in [-0.05, 0) is 19.1 Å². The van der Waals surface area contributed by atoms with Crippen molar-refractivity contribution in [1.29, 1.82) is 0 Å². The number of esters is 1. The Morgan fingerprint density at radius 1 is 1.09 bits per heavy atom. The Morgan fingerprint density at radius 3 is 2.26 bits per heavy atom. The molecule has 2 heterocycles. The molecule has 0 radical (unpaired) electrons. The smallest absolute Gasteiger partial charge is 0.303 e. The monoisotopic (exact) mass is 342 g/mol. The predicted molar refractivity (Wildman–Crippen MR) is 78.3 cm³/mol. The largest absolute Gasteiger partial charge is 0.457 e. The summed E-state index contributed by atoms with van der Waals surface area (Å²) in [7, 11) is -3.91. The van der Waals surface area contributed by atoms with Crippen LogP contribution in [0.3, 0.4) is 0 Å². The summed E-state index contributed by atoms with van der Waals surface area (Å²) in [6.07, 6.45) is -2.36. The molecule has 8 heteroatoms. The minimum absolute atomic E-state index is 0.0676. The molecule has 3 rings (SSSR count). The van der Waals surface area contributed by atoms with Crippen molar-refractivity contribution in [3.63, 3.8) is 0 Å². The number of aryl methyl sites for hydroxylation is 1. The highest BCUT2D eigenvalue weighted by Gasteiger charge is 2.51. The molecule has 1 aromatic rings. The third kappa shape index (κ3) is 3.40. The Balaban J connectivity index is 1.70. The van der Waals surface area contributed by atoms with Crippen LogP contribution in [-0.2, 0) is 33.3 Å². The van der Waals surface area contributed by atoms with Crippen molar-refractivity contribution < 1.29 is 31.6 Å². The molecule has 23 heavy (non-hydrogen) atoms. The van der Waals surface area contributed by atoms with Crippen LogP contribution in [0.4, 0.5) is 0 Å². The first kappa shape index (κ1) is 16.4. The molecule has 2 aliphatic rings. The van der Waals surface area contributed by atoms with E-state index in [1.807, 2.05) is 6.92 Å². The fourth-order valence-corrected chi connectivity index (χ4v) is 3.82. The molecule has 2 fully saturated rings. The SMILES string of the molecule is CC(=O)O[C@@H]1CO[C@H]2[C@@H]1OC[C@@H]2OS(=O)(=O)c1ccc(C)cc1. The predicted octanol–water partition coefficient (Wildman–Crippen LogP) is 0.798. The molecule has 0 aliphatic carbocycles. The van der Waals surface area contributed by atoms with Gasteiger partial charge < -0.3 is 14.2 Å². The highest BCUT2D eigenvalue weighted by atomic mass is 32.2. The van der Waals surface area contributed by atoms with Crippen molar-refractivity contribution in [3.8, 4) is 0 Å². The van der Waals surface area contributed by atoms with E-state index in [1.54, 1.807) is 12.1 Å². The lowest BCUT2D eigenvalue weighted by Gasteiger charge is -2.16. The minimum Gasteiger partial charge on any atom is -0.457 e. The topological polar surface area (TPSA) is 88.1 Å². The Kier molecular flexibility index (Phi) is 4.41. The number of fused-ring (bicyclic) bond motifs is 1. The lowest BCUT2D eigenvalue weighted by atomic mass is 10.1. The molecule has 0 unspecified atom stereocenters. The number of ether oxygens (including phenoxy) is 3. The molecule has 0 N–H and O–H groups in total. The quantitative estimate of drug-likeness (QED) is 0.591. The van der Waals surface area contributed by atoms with Crippen molar-refractivity contribution in [2.24, 2.45) is 0 Å². The fraction of sp³-hybridized carbons (Fsp3) is 0.533. The zero-order chi connectivity index (χ0) is 16.6. The zero-order valence-electron chi connectivity index (χ0n) is 12.8. The summed E-state index contributed by atoms with van der Waals surface area (Å²) in [5.41, 5.74) is 0.955. The van der Waals surface area contributed by atoms with E-state index in [-0.39, 0.29) is 18.1 Å². The molecule has 2 aliphatic heterocycles. The second-order valence-corrected chi connectivity index (χ2v) is 7.22. The minimum atomic E-state index is -3.91. The average molecular weight is 342 g/mol. The highest BCUT2D eigenvalue weighted by molar-refractivity contribution is 7.86. The number of benzene rings is 1. The second-order valence-electron chi connectivity index (χ2n) is 5.65. The number of carbonyl (C=O) groups excluding carboxylic acids is 1. The molecule has 1 aromatic carbocycles. The van der Waals surface area contributed by atoms with Crippen LogP contribution in [0, 0.1) is 6.92 Å². The summed E-state index contributed by atoms with van der Waals surface area (Å²) in [6, 6.07) is 6.39. The summed E-state index contributed by atoms with van der Waals surface area (Å²) >= 11 is 0. The molecule has 0 saturated carbocycles. The van der Waals surface area contributed by atoms with Crippen LogP contribution in [0.2, 0.25) is 0 Å². The fourth-order valence-electron chi connectivity index (χ4n) is 2.75. The van der Waals surface area contributed by atoms with Gasteiger partial charge in [0, 0.05) is 6.92 Å². The molecule has 7 nitrogen and oxygen atoms in total. The van der Waals surface area contributed by atoms with Gasteiger partial charge in [-0.15, -0.1) is 0 Å². The molecule has 0 amide bonds. The molecule has 0 bridgehead atoms. The van der Waals surface area contributed by atoms with Crippen LogP contribution >= 0.6 is 0 Å². The molecule has 4 atom stereocenters. The summed E-state index contributed by atoms with van der Waals surface area (Å²) in [5, 5.41) is 0. The third-order valence-corrected chi connectivity index (χ3v) is 5.19. The number of hydrogen-bond acceptors (Lipinski definition) is 7. The molecule has 0 spiro atoms. The van der Waals surface area contributed by atoms with Gasteiger partial charge in [-0.2, -0.15) is 8.42 Å². The summed E-state index contributed by atoms with van der Waals surface area (Å²) < 4.78 is 46.1. The van der Waals surface area contributed by atoms with Crippen LogP contribution in [-0.4, -0.2) is 52.0 Å².